The number of rotatable bonds is 7. The van der Waals surface area contributed by atoms with Crippen LogP contribution in [-0.4, -0.2) is 78.9 Å². The first-order chi connectivity index (χ1) is 16.5. The van der Waals surface area contributed by atoms with E-state index in [-0.39, 0.29) is 11.9 Å². The number of aromatic nitrogens is 2. The Balaban J connectivity index is 1.29. The van der Waals surface area contributed by atoms with Gasteiger partial charge in [-0.15, -0.1) is 0 Å². The summed E-state index contributed by atoms with van der Waals surface area (Å²) in [5.41, 5.74) is 2.01. The van der Waals surface area contributed by atoms with Gasteiger partial charge in [-0.1, -0.05) is 5.16 Å². The van der Waals surface area contributed by atoms with Crippen LogP contribution in [0.25, 0.3) is 11.5 Å². The van der Waals surface area contributed by atoms with Crippen molar-refractivity contribution >= 4 is 17.6 Å². The van der Waals surface area contributed by atoms with E-state index < -0.39 is 0 Å². The Labute approximate surface area is 197 Å². The van der Waals surface area contributed by atoms with Crippen molar-refractivity contribution in [2.75, 3.05) is 52.3 Å². The minimum absolute atomic E-state index is 0.0166. The van der Waals surface area contributed by atoms with Gasteiger partial charge in [0.15, 0.2) is 5.82 Å². The van der Waals surface area contributed by atoms with Gasteiger partial charge in [0.25, 0.3) is 11.8 Å². The molecule has 4 rings (SSSR count). The number of hydrogen-bond acceptors (Lipinski definition) is 7. The number of benzene rings is 2. The largest absolute Gasteiger partial charge is 0.497 e. The maximum atomic E-state index is 12.6. The molecule has 1 aliphatic rings. The third-order valence-corrected chi connectivity index (χ3v) is 5.50. The molecular weight excluding hydrogens is 438 g/mol. The number of carbonyl (C=O) groups excluding carboxylic acids is 2. The van der Waals surface area contributed by atoms with E-state index in [0.717, 1.165) is 11.3 Å². The summed E-state index contributed by atoms with van der Waals surface area (Å²) in [6.45, 7) is 2.73. The standard InChI is InChI=1S/C24H27N5O5/c1-28(24(31)25-19-7-9-20(32-2)10-8-19)12-11-21-26-22(34-27-21)17-3-5-18(6-4-17)23(30)29-13-15-33-16-14-29/h3-10H,11-16H2,1-2H3,(H,25,31). The van der Waals surface area contributed by atoms with E-state index in [1.165, 1.54) is 0 Å². The van der Waals surface area contributed by atoms with Crippen molar-refractivity contribution in [2.24, 2.45) is 0 Å². The second-order valence-electron chi connectivity index (χ2n) is 7.83. The van der Waals surface area contributed by atoms with Crippen LogP contribution in [0.3, 0.4) is 0 Å². The highest BCUT2D eigenvalue weighted by atomic mass is 16.5. The lowest BCUT2D eigenvalue weighted by Gasteiger charge is -2.26. The molecule has 10 heteroatoms. The number of ether oxygens (including phenoxy) is 2. The highest BCUT2D eigenvalue weighted by molar-refractivity contribution is 5.94. The maximum Gasteiger partial charge on any atom is 0.321 e. The molecule has 1 aromatic heterocycles. The Hall–Kier alpha value is -3.92. The van der Waals surface area contributed by atoms with E-state index in [2.05, 4.69) is 15.5 Å². The number of urea groups is 1. The summed E-state index contributed by atoms with van der Waals surface area (Å²) in [5.74, 6) is 1.56. The Morgan fingerprint density at radius 2 is 1.79 bits per heavy atom. The third-order valence-electron chi connectivity index (χ3n) is 5.50. The van der Waals surface area contributed by atoms with Crippen LogP contribution in [0.1, 0.15) is 16.2 Å². The van der Waals surface area contributed by atoms with Gasteiger partial charge in [-0.25, -0.2) is 4.79 Å². The highest BCUT2D eigenvalue weighted by Gasteiger charge is 2.19. The first kappa shape index (κ1) is 23.2. The molecule has 1 fully saturated rings. The molecule has 0 spiro atoms. The number of methoxy groups -OCH3 is 1. The first-order valence-corrected chi connectivity index (χ1v) is 11.0. The Morgan fingerprint density at radius 3 is 2.47 bits per heavy atom. The first-order valence-electron chi connectivity index (χ1n) is 11.0. The maximum absolute atomic E-state index is 12.6. The number of carbonyl (C=O) groups is 2. The topological polar surface area (TPSA) is 110 Å². The normalized spacial score (nSPS) is 13.4. The van der Waals surface area contributed by atoms with Crippen LogP contribution >= 0.6 is 0 Å². The summed E-state index contributed by atoms with van der Waals surface area (Å²) >= 11 is 0. The van der Waals surface area contributed by atoms with Crippen molar-refractivity contribution in [3.05, 3.63) is 59.9 Å². The summed E-state index contributed by atoms with van der Waals surface area (Å²) in [6.07, 6.45) is 0.434. The van der Waals surface area contributed by atoms with E-state index in [1.807, 2.05) is 0 Å². The van der Waals surface area contributed by atoms with E-state index in [9.17, 15) is 9.59 Å². The lowest BCUT2D eigenvalue weighted by Crippen LogP contribution is -2.40. The average molecular weight is 466 g/mol. The second-order valence-corrected chi connectivity index (χ2v) is 7.83. The predicted molar refractivity (Wildman–Crippen MR) is 125 cm³/mol. The molecule has 3 aromatic rings. The number of likely N-dealkylation sites (N-methyl/N-ethyl adjacent to an activating group) is 1. The minimum Gasteiger partial charge on any atom is -0.497 e. The summed E-state index contributed by atoms with van der Waals surface area (Å²) in [7, 11) is 3.29. The van der Waals surface area contributed by atoms with Gasteiger partial charge in [-0.2, -0.15) is 4.98 Å². The Morgan fingerprint density at radius 1 is 1.09 bits per heavy atom. The van der Waals surface area contributed by atoms with Gasteiger partial charge in [-0.05, 0) is 48.5 Å². The van der Waals surface area contributed by atoms with E-state index >= 15 is 0 Å². The molecule has 10 nitrogen and oxygen atoms in total. The Bertz CT molecular complexity index is 1110. The monoisotopic (exact) mass is 465 g/mol. The molecule has 1 saturated heterocycles. The molecule has 1 N–H and O–H groups in total. The predicted octanol–water partition coefficient (Wildman–Crippen LogP) is 2.92. The van der Waals surface area contributed by atoms with Gasteiger partial charge >= 0.3 is 6.03 Å². The summed E-state index contributed by atoms with van der Waals surface area (Å²) in [6, 6.07) is 14.0. The van der Waals surface area contributed by atoms with Crippen molar-refractivity contribution in [1.82, 2.24) is 19.9 Å². The summed E-state index contributed by atoms with van der Waals surface area (Å²) in [4.78, 5) is 32.7. The smallest absolute Gasteiger partial charge is 0.321 e. The van der Waals surface area contributed by atoms with Crippen molar-refractivity contribution in [3.8, 4) is 17.2 Å². The Kier molecular flexibility index (Phi) is 7.38. The molecule has 34 heavy (non-hydrogen) atoms. The molecule has 0 unspecified atom stereocenters. The van der Waals surface area contributed by atoms with Crippen LogP contribution in [0.2, 0.25) is 0 Å². The van der Waals surface area contributed by atoms with Gasteiger partial charge in [0.05, 0.1) is 20.3 Å². The zero-order valence-corrected chi connectivity index (χ0v) is 19.2. The molecule has 0 bridgehead atoms. The minimum atomic E-state index is -0.241. The van der Waals surface area contributed by atoms with Gasteiger partial charge in [0.2, 0.25) is 0 Å². The molecule has 0 saturated carbocycles. The fourth-order valence-electron chi connectivity index (χ4n) is 3.44. The third kappa shape index (κ3) is 5.70. The zero-order chi connectivity index (χ0) is 23.9. The number of nitrogens with zero attached hydrogens (tertiary/aromatic N) is 4. The van der Waals surface area contributed by atoms with Crippen LogP contribution in [0, 0.1) is 0 Å². The molecule has 3 amide bonds. The molecule has 0 aliphatic carbocycles. The molecular formula is C24H27N5O5. The van der Waals surface area contributed by atoms with E-state index in [0.29, 0.717) is 62.2 Å². The van der Waals surface area contributed by atoms with Gasteiger partial charge in [0, 0.05) is 49.9 Å². The molecule has 0 atom stereocenters. The average Bonchev–Trinajstić information content (AvgIpc) is 3.37. The van der Waals surface area contributed by atoms with Crippen LogP contribution in [0.4, 0.5) is 10.5 Å². The quantitative estimate of drug-likeness (QED) is 0.571. The van der Waals surface area contributed by atoms with Crippen LogP contribution < -0.4 is 10.1 Å². The fourth-order valence-corrected chi connectivity index (χ4v) is 3.44. The van der Waals surface area contributed by atoms with Gasteiger partial charge < -0.3 is 29.1 Å². The molecule has 178 valence electrons. The summed E-state index contributed by atoms with van der Waals surface area (Å²) in [5, 5.41) is 6.84. The summed E-state index contributed by atoms with van der Waals surface area (Å²) < 4.78 is 15.8. The molecule has 2 heterocycles. The lowest BCUT2D eigenvalue weighted by molar-refractivity contribution is 0.0303. The van der Waals surface area contributed by atoms with Crippen LogP contribution in [0.15, 0.2) is 53.1 Å². The van der Waals surface area contributed by atoms with E-state index in [4.69, 9.17) is 14.0 Å². The highest BCUT2D eigenvalue weighted by Crippen LogP contribution is 2.19. The number of morpholine rings is 1. The van der Waals surface area contributed by atoms with Crippen LogP contribution in [0.5, 0.6) is 5.75 Å². The number of anilines is 1. The van der Waals surface area contributed by atoms with E-state index in [1.54, 1.807) is 72.5 Å². The lowest BCUT2D eigenvalue weighted by atomic mass is 10.1. The van der Waals surface area contributed by atoms with Gasteiger partial charge in [0.1, 0.15) is 5.75 Å². The molecule has 1 aliphatic heterocycles. The number of nitrogens with one attached hydrogen (secondary N) is 1. The SMILES string of the molecule is COc1ccc(NC(=O)N(C)CCc2noc(-c3ccc(C(=O)N4CCOCC4)cc3)n2)cc1. The number of hydrogen-bond donors (Lipinski definition) is 1. The second kappa shape index (κ2) is 10.8. The van der Waals surface area contributed by atoms with Crippen LogP contribution in [-0.2, 0) is 11.2 Å². The molecule has 0 radical (unpaired) electrons. The fraction of sp³-hybridized carbons (Fsp3) is 0.333. The number of amides is 3. The van der Waals surface area contributed by atoms with Crippen molar-refractivity contribution in [3.63, 3.8) is 0 Å². The zero-order valence-electron chi connectivity index (χ0n) is 19.2. The molecule has 2 aromatic carbocycles. The van der Waals surface area contributed by atoms with Gasteiger partial charge in [-0.3, -0.25) is 4.79 Å². The van der Waals surface area contributed by atoms with Crippen molar-refractivity contribution in [1.29, 1.82) is 0 Å². The van der Waals surface area contributed by atoms with Crippen molar-refractivity contribution in [2.45, 2.75) is 6.42 Å². The van der Waals surface area contributed by atoms with Crippen molar-refractivity contribution < 1.29 is 23.6 Å².